The highest BCUT2D eigenvalue weighted by molar-refractivity contribution is 7.99. The van der Waals surface area contributed by atoms with E-state index in [9.17, 15) is 4.79 Å². The normalized spacial score (nSPS) is 10.7. The summed E-state index contributed by atoms with van der Waals surface area (Å²) in [6.45, 7) is 10.7. The van der Waals surface area contributed by atoms with Crippen LogP contribution in [0, 0.1) is 13.8 Å². The highest BCUT2D eigenvalue weighted by Crippen LogP contribution is 2.21. The minimum Gasteiger partial charge on any atom is -0.494 e. The van der Waals surface area contributed by atoms with Crippen LogP contribution in [-0.4, -0.2) is 41.0 Å². The van der Waals surface area contributed by atoms with Crippen molar-refractivity contribution in [1.82, 2.24) is 14.9 Å². The predicted molar refractivity (Wildman–Crippen MR) is 113 cm³/mol. The molecule has 0 spiro atoms. The van der Waals surface area contributed by atoms with Gasteiger partial charge in [-0.15, -0.1) is 0 Å². The summed E-state index contributed by atoms with van der Waals surface area (Å²) in [7, 11) is 0. The predicted octanol–water partition coefficient (Wildman–Crippen LogP) is 3.99. The Morgan fingerprint density at radius 2 is 1.82 bits per heavy atom. The van der Waals surface area contributed by atoms with Gasteiger partial charge in [-0.1, -0.05) is 25.1 Å². The van der Waals surface area contributed by atoms with Crippen LogP contribution >= 0.6 is 11.8 Å². The summed E-state index contributed by atoms with van der Waals surface area (Å²) in [6, 6.07) is 7.48. The number of nitrogens with one attached hydrogen (secondary N) is 1. The molecule has 0 atom stereocenters. The maximum absolute atomic E-state index is 12.1. The summed E-state index contributed by atoms with van der Waals surface area (Å²) in [6.07, 6.45) is 2.24. The quantitative estimate of drug-likeness (QED) is 0.427. The summed E-state index contributed by atoms with van der Waals surface area (Å²) in [5, 5.41) is 3.81. The smallest absolute Gasteiger partial charge is 0.230 e. The molecule has 1 amide bonds. The van der Waals surface area contributed by atoms with Crippen LogP contribution in [0.5, 0.6) is 11.5 Å². The van der Waals surface area contributed by atoms with Crippen molar-refractivity contribution in [2.24, 2.45) is 0 Å². The fraction of sp³-hybridized carbons (Fsp3) is 0.524. The molecule has 0 aliphatic rings. The van der Waals surface area contributed by atoms with Crippen molar-refractivity contribution in [2.45, 2.75) is 52.2 Å². The number of thioether (sulfide) groups is 1. The largest absolute Gasteiger partial charge is 0.494 e. The lowest BCUT2D eigenvalue weighted by Crippen LogP contribution is -2.29. The van der Waals surface area contributed by atoms with Gasteiger partial charge in [-0.3, -0.25) is 4.79 Å². The van der Waals surface area contributed by atoms with E-state index in [2.05, 4.69) is 28.7 Å². The number of carbonyl (C=O) groups excluding carboxylic acids is 1. The number of amides is 1. The zero-order valence-electron chi connectivity index (χ0n) is 17.3. The Morgan fingerprint density at radius 1 is 1.14 bits per heavy atom. The van der Waals surface area contributed by atoms with E-state index in [0.717, 1.165) is 41.7 Å². The second kappa shape index (κ2) is 11.6. The lowest BCUT2D eigenvalue weighted by Gasteiger charge is -2.10. The van der Waals surface area contributed by atoms with Gasteiger partial charge in [0.05, 0.1) is 24.6 Å². The van der Waals surface area contributed by atoms with Crippen LogP contribution in [0.4, 0.5) is 0 Å². The molecular formula is C21H31N3O3S. The number of imidazole rings is 1. The first-order valence-corrected chi connectivity index (χ1v) is 10.8. The first-order valence-electron chi connectivity index (χ1n) is 9.84. The van der Waals surface area contributed by atoms with E-state index in [0.29, 0.717) is 25.5 Å². The zero-order valence-corrected chi connectivity index (χ0v) is 18.1. The third-order valence-corrected chi connectivity index (χ3v) is 5.29. The number of ether oxygens (including phenoxy) is 2. The fourth-order valence-electron chi connectivity index (χ4n) is 2.65. The van der Waals surface area contributed by atoms with Crippen molar-refractivity contribution in [3.8, 4) is 11.5 Å². The van der Waals surface area contributed by atoms with Crippen molar-refractivity contribution < 1.29 is 14.3 Å². The number of unbranched alkanes of at least 4 members (excludes halogenated alkanes) is 1. The number of hydrogen-bond donors (Lipinski definition) is 1. The van der Waals surface area contributed by atoms with Gasteiger partial charge in [-0.25, -0.2) is 4.98 Å². The van der Waals surface area contributed by atoms with Crippen LogP contribution in [0.25, 0.3) is 0 Å². The Labute approximate surface area is 172 Å². The number of benzene rings is 1. The second-order valence-corrected chi connectivity index (χ2v) is 7.40. The van der Waals surface area contributed by atoms with Crippen LogP contribution in [0.1, 0.15) is 38.1 Å². The standard InChI is InChI=1S/C21H31N3O3S/c1-5-7-13-24-17(4)16(3)23-21(24)28-15-20(25)22-12-14-27-19-10-8-18(9-11-19)26-6-2/h8-11H,5-7,12-15H2,1-4H3,(H,22,25). The van der Waals surface area contributed by atoms with Crippen LogP contribution in [0.15, 0.2) is 29.4 Å². The molecule has 7 heteroatoms. The minimum atomic E-state index is -0.0133. The maximum atomic E-state index is 12.1. The monoisotopic (exact) mass is 405 g/mol. The van der Waals surface area contributed by atoms with Crippen LogP contribution in [-0.2, 0) is 11.3 Å². The highest BCUT2D eigenvalue weighted by Gasteiger charge is 2.13. The van der Waals surface area contributed by atoms with Crippen molar-refractivity contribution in [3.05, 3.63) is 35.7 Å². The highest BCUT2D eigenvalue weighted by atomic mass is 32.2. The van der Waals surface area contributed by atoms with Gasteiger partial charge in [-0.2, -0.15) is 0 Å². The molecule has 1 aromatic heterocycles. The summed E-state index contributed by atoms with van der Waals surface area (Å²) in [5.41, 5.74) is 2.21. The van der Waals surface area contributed by atoms with E-state index in [1.165, 1.54) is 17.5 Å². The van der Waals surface area contributed by atoms with Gasteiger partial charge in [0.2, 0.25) is 5.91 Å². The first-order chi connectivity index (χ1) is 13.5. The Hall–Kier alpha value is -2.15. The van der Waals surface area contributed by atoms with Crippen molar-refractivity contribution >= 4 is 17.7 Å². The average molecular weight is 406 g/mol. The molecular weight excluding hydrogens is 374 g/mol. The van der Waals surface area contributed by atoms with Gasteiger partial charge in [0, 0.05) is 12.2 Å². The summed E-state index contributed by atoms with van der Waals surface area (Å²) >= 11 is 1.49. The summed E-state index contributed by atoms with van der Waals surface area (Å²) in [5.74, 6) is 1.92. The summed E-state index contributed by atoms with van der Waals surface area (Å²) < 4.78 is 13.3. The van der Waals surface area contributed by atoms with E-state index >= 15 is 0 Å². The first kappa shape index (κ1) is 22.1. The Bertz CT molecular complexity index is 744. The number of aromatic nitrogens is 2. The number of rotatable bonds is 12. The van der Waals surface area contributed by atoms with E-state index in [1.807, 2.05) is 38.1 Å². The van der Waals surface area contributed by atoms with Gasteiger partial charge < -0.3 is 19.4 Å². The van der Waals surface area contributed by atoms with Crippen LogP contribution in [0.2, 0.25) is 0 Å². The number of hydrogen-bond acceptors (Lipinski definition) is 5. The van der Waals surface area contributed by atoms with E-state index in [1.54, 1.807) is 0 Å². The summed E-state index contributed by atoms with van der Waals surface area (Å²) in [4.78, 5) is 16.7. The Morgan fingerprint density at radius 3 is 2.46 bits per heavy atom. The molecule has 1 N–H and O–H groups in total. The van der Waals surface area contributed by atoms with Gasteiger partial charge in [0.15, 0.2) is 5.16 Å². The molecule has 0 bridgehead atoms. The van der Waals surface area contributed by atoms with Crippen molar-refractivity contribution in [3.63, 3.8) is 0 Å². The molecule has 0 unspecified atom stereocenters. The second-order valence-electron chi connectivity index (χ2n) is 6.46. The van der Waals surface area contributed by atoms with Crippen molar-refractivity contribution in [1.29, 1.82) is 0 Å². The van der Waals surface area contributed by atoms with Gasteiger partial charge in [0.1, 0.15) is 18.1 Å². The number of carbonyl (C=O) groups is 1. The molecule has 1 heterocycles. The molecule has 154 valence electrons. The van der Waals surface area contributed by atoms with E-state index in [4.69, 9.17) is 9.47 Å². The zero-order chi connectivity index (χ0) is 20.4. The van der Waals surface area contributed by atoms with Crippen molar-refractivity contribution in [2.75, 3.05) is 25.5 Å². The lowest BCUT2D eigenvalue weighted by molar-refractivity contribution is -0.118. The molecule has 0 aliphatic heterocycles. The molecule has 28 heavy (non-hydrogen) atoms. The molecule has 2 rings (SSSR count). The van der Waals surface area contributed by atoms with Crippen LogP contribution < -0.4 is 14.8 Å². The third-order valence-electron chi connectivity index (χ3n) is 4.32. The third kappa shape index (κ3) is 6.78. The number of nitrogens with zero attached hydrogens (tertiary/aromatic N) is 2. The maximum Gasteiger partial charge on any atom is 0.230 e. The minimum absolute atomic E-state index is 0.0133. The molecule has 2 aromatic rings. The lowest BCUT2D eigenvalue weighted by atomic mass is 10.3. The molecule has 0 saturated heterocycles. The van der Waals surface area contributed by atoms with Gasteiger partial charge in [-0.05, 0) is 51.5 Å². The SMILES string of the molecule is CCCCn1c(SCC(=O)NCCOc2ccc(OCC)cc2)nc(C)c1C. The molecule has 6 nitrogen and oxygen atoms in total. The van der Waals surface area contributed by atoms with Crippen LogP contribution in [0.3, 0.4) is 0 Å². The molecule has 0 radical (unpaired) electrons. The molecule has 0 aliphatic carbocycles. The van der Waals surface area contributed by atoms with E-state index < -0.39 is 0 Å². The van der Waals surface area contributed by atoms with E-state index in [-0.39, 0.29) is 5.91 Å². The topological polar surface area (TPSA) is 65.4 Å². The van der Waals surface area contributed by atoms with Gasteiger partial charge >= 0.3 is 0 Å². The van der Waals surface area contributed by atoms with Gasteiger partial charge in [0.25, 0.3) is 0 Å². The average Bonchev–Trinajstić information content (AvgIpc) is 2.97. The number of aryl methyl sites for hydroxylation is 1. The molecule has 0 saturated carbocycles. The Kier molecular flexibility index (Phi) is 9.20. The Balaban J connectivity index is 1.71. The fourth-order valence-corrected chi connectivity index (χ4v) is 3.60. The molecule has 0 fully saturated rings. The molecule has 1 aromatic carbocycles.